The minimum atomic E-state index is 0.705. The fourth-order valence-corrected chi connectivity index (χ4v) is 6.15. The molecule has 146 valence electrons. The molecule has 0 radical (unpaired) electrons. The summed E-state index contributed by atoms with van der Waals surface area (Å²) in [6, 6.07) is 0. The Labute approximate surface area is 167 Å². The molecule has 0 saturated heterocycles. The molecule has 0 aromatic carbocycles. The van der Waals surface area contributed by atoms with E-state index >= 15 is 0 Å². The monoisotopic (exact) mass is 394 g/mol. The standard InChI is InChI=1S/C22H34O2S2/c1-13(2)9-11-19-15(5)23-17(7)21(19)25-26-22-18(8)24-16(6)20(22)12-10-14(3)4/h13-14H,9-12H2,1-8H3. The Morgan fingerprint density at radius 1 is 0.615 bits per heavy atom. The molecule has 2 aromatic heterocycles. The average molecular weight is 395 g/mol. The van der Waals surface area contributed by atoms with E-state index in [0.29, 0.717) is 11.8 Å². The zero-order valence-corrected chi connectivity index (χ0v) is 19.2. The van der Waals surface area contributed by atoms with Gasteiger partial charge in [-0.15, -0.1) is 0 Å². The number of aryl methyl sites for hydroxylation is 4. The van der Waals surface area contributed by atoms with Crippen molar-refractivity contribution in [2.75, 3.05) is 0 Å². The summed E-state index contributed by atoms with van der Waals surface area (Å²) in [6.45, 7) is 17.5. The van der Waals surface area contributed by atoms with E-state index in [0.717, 1.165) is 35.9 Å². The highest BCUT2D eigenvalue weighted by Gasteiger charge is 2.20. The number of furan rings is 2. The third-order valence-electron chi connectivity index (χ3n) is 4.80. The Hall–Kier alpha value is -0.740. The molecule has 2 aromatic rings. The third-order valence-corrected chi connectivity index (χ3v) is 7.54. The van der Waals surface area contributed by atoms with Crippen LogP contribution < -0.4 is 0 Å². The molecule has 0 aliphatic heterocycles. The molecular weight excluding hydrogens is 360 g/mol. The van der Waals surface area contributed by atoms with Crippen molar-refractivity contribution < 1.29 is 8.83 Å². The van der Waals surface area contributed by atoms with Crippen molar-refractivity contribution in [2.24, 2.45) is 11.8 Å². The van der Waals surface area contributed by atoms with Crippen LogP contribution in [-0.4, -0.2) is 0 Å². The normalized spacial score (nSPS) is 11.9. The van der Waals surface area contributed by atoms with Crippen LogP contribution in [0.4, 0.5) is 0 Å². The molecule has 4 heteroatoms. The van der Waals surface area contributed by atoms with E-state index in [1.807, 2.05) is 21.6 Å². The summed E-state index contributed by atoms with van der Waals surface area (Å²) in [6.07, 6.45) is 4.57. The molecule has 0 amide bonds. The van der Waals surface area contributed by atoms with Gasteiger partial charge in [0.2, 0.25) is 0 Å². The summed E-state index contributed by atoms with van der Waals surface area (Å²) in [5.74, 6) is 5.64. The Morgan fingerprint density at radius 3 is 1.27 bits per heavy atom. The molecule has 0 fully saturated rings. The van der Waals surface area contributed by atoms with Gasteiger partial charge in [-0.25, -0.2) is 0 Å². The van der Waals surface area contributed by atoms with Crippen LogP contribution in [0.2, 0.25) is 0 Å². The minimum absolute atomic E-state index is 0.705. The maximum atomic E-state index is 5.95. The van der Waals surface area contributed by atoms with Gasteiger partial charge in [-0.1, -0.05) is 27.7 Å². The number of rotatable bonds is 9. The van der Waals surface area contributed by atoms with Gasteiger partial charge in [0, 0.05) is 11.1 Å². The maximum Gasteiger partial charge on any atom is 0.115 e. The molecule has 2 heterocycles. The molecule has 0 bridgehead atoms. The Balaban J connectivity index is 2.19. The third kappa shape index (κ3) is 5.39. The average Bonchev–Trinajstić information content (AvgIpc) is 2.95. The highest BCUT2D eigenvalue weighted by molar-refractivity contribution is 8.76. The summed E-state index contributed by atoms with van der Waals surface area (Å²) in [7, 11) is 3.68. The first-order valence-corrected chi connectivity index (χ1v) is 11.9. The Bertz CT molecular complexity index is 661. The predicted octanol–water partition coefficient (Wildman–Crippen LogP) is 8.08. The zero-order chi connectivity index (χ0) is 19.4. The summed E-state index contributed by atoms with van der Waals surface area (Å²) in [5.41, 5.74) is 2.77. The molecule has 0 aliphatic carbocycles. The van der Waals surface area contributed by atoms with Gasteiger partial charge >= 0.3 is 0 Å². The highest BCUT2D eigenvalue weighted by atomic mass is 33.1. The summed E-state index contributed by atoms with van der Waals surface area (Å²) >= 11 is 0. The van der Waals surface area contributed by atoms with E-state index in [1.54, 1.807) is 0 Å². The first-order valence-electron chi connectivity index (χ1n) is 9.72. The van der Waals surface area contributed by atoms with E-state index < -0.39 is 0 Å². The molecule has 2 rings (SSSR count). The van der Waals surface area contributed by atoms with E-state index in [-0.39, 0.29) is 0 Å². The lowest BCUT2D eigenvalue weighted by Gasteiger charge is -2.09. The van der Waals surface area contributed by atoms with Crippen molar-refractivity contribution in [2.45, 2.75) is 90.9 Å². The van der Waals surface area contributed by atoms with E-state index in [9.17, 15) is 0 Å². The molecule has 26 heavy (non-hydrogen) atoms. The van der Waals surface area contributed by atoms with Crippen LogP contribution >= 0.6 is 21.6 Å². The second kappa shape index (κ2) is 9.45. The zero-order valence-electron chi connectivity index (χ0n) is 17.6. The number of hydrogen-bond acceptors (Lipinski definition) is 4. The van der Waals surface area contributed by atoms with Crippen molar-refractivity contribution in [3.63, 3.8) is 0 Å². The maximum absolute atomic E-state index is 5.95. The lowest BCUT2D eigenvalue weighted by molar-refractivity contribution is 0.493. The highest BCUT2D eigenvalue weighted by Crippen LogP contribution is 2.46. The molecular formula is C22H34O2S2. The summed E-state index contributed by atoms with van der Waals surface area (Å²) in [4.78, 5) is 2.61. The van der Waals surface area contributed by atoms with Crippen LogP contribution in [0.15, 0.2) is 18.6 Å². The Morgan fingerprint density at radius 2 is 0.962 bits per heavy atom. The van der Waals surface area contributed by atoms with Gasteiger partial charge < -0.3 is 8.83 Å². The van der Waals surface area contributed by atoms with E-state index in [1.165, 1.54) is 33.8 Å². The van der Waals surface area contributed by atoms with E-state index in [2.05, 4.69) is 55.4 Å². The first-order chi connectivity index (χ1) is 12.2. The first kappa shape index (κ1) is 21.6. The molecule has 0 aliphatic rings. The quantitative estimate of drug-likeness (QED) is 0.401. The fraction of sp³-hybridized carbons (Fsp3) is 0.636. The molecule has 2 nitrogen and oxygen atoms in total. The second-order valence-corrected chi connectivity index (χ2v) is 10.2. The van der Waals surface area contributed by atoms with Crippen molar-refractivity contribution in [1.82, 2.24) is 0 Å². The second-order valence-electron chi connectivity index (χ2n) is 8.08. The van der Waals surface area contributed by atoms with Crippen molar-refractivity contribution in [3.05, 3.63) is 34.2 Å². The van der Waals surface area contributed by atoms with E-state index in [4.69, 9.17) is 8.83 Å². The lowest BCUT2D eigenvalue weighted by Crippen LogP contribution is -1.94. The molecule has 0 spiro atoms. The van der Waals surface area contributed by atoms with Crippen molar-refractivity contribution >= 4 is 21.6 Å². The van der Waals surface area contributed by atoms with Gasteiger partial charge in [-0.05, 0) is 86.8 Å². The van der Waals surface area contributed by atoms with Crippen molar-refractivity contribution in [1.29, 1.82) is 0 Å². The lowest BCUT2D eigenvalue weighted by atomic mass is 10.0. The van der Waals surface area contributed by atoms with Crippen LogP contribution in [0, 0.1) is 39.5 Å². The molecule has 0 unspecified atom stereocenters. The van der Waals surface area contributed by atoms with Crippen molar-refractivity contribution in [3.8, 4) is 0 Å². The van der Waals surface area contributed by atoms with Gasteiger partial charge in [0.25, 0.3) is 0 Å². The van der Waals surface area contributed by atoms with Crippen LogP contribution in [0.5, 0.6) is 0 Å². The largest absolute Gasteiger partial charge is 0.465 e. The van der Waals surface area contributed by atoms with Gasteiger partial charge in [0.05, 0.1) is 9.79 Å². The fourth-order valence-electron chi connectivity index (χ4n) is 3.17. The summed E-state index contributed by atoms with van der Waals surface area (Å²) in [5, 5.41) is 0. The number of hydrogen-bond donors (Lipinski definition) is 0. The van der Waals surface area contributed by atoms with Gasteiger partial charge in [-0.3, -0.25) is 0 Å². The van der Waals surface area contributed by atoms with Crippen LogP contribution in [0.25, 0.3) is 0 Å². The molecule has 0 N–H and O–H groups in total. The topological polar surface area (TPSA) is 26.3 Å². The Kier molecular flexibility index (Phi) is 7.84. The van der Waals surface area contributed by atoms with Gasteiger partial charge in [0.1, 0.15) is 23.0 Å². The van der Waals surface area contributed by atoms with Crippen LogP contribution in [0.3, 0.4) is 0 Å². The molecule has 0 saturated carbocycles. The summed E-state index contributed by atoms with van der Waals surface area (Å²) < 4.78 is 11.9. The minimum Gasteiger partial charge on any atom is -0.465 e. The smallest absolute Gasteiger partial charge is 0.115 e. The van der Waals surface area contributed by atoms with Crippen LogP contribution in [-0.2, 0) is 12.8 Å². The van der Waals surface area contributed by atoms with Gasteiger partial charge in [0.15, 0.2) is 0 Å². The molecule has 0 atom stereocenters. The van der Waals surface area contributed by atoms with Gasteiger partial charge in [-0.2, -0.15) is 0 Å². The van der Waals surface area contributed by atoms with Crippen LogP contribution in [0.1, 0.15) is 74.7 Å². The SMILES string of the molecule is Cc1oc(C)c(SSc2c(C)oc(C)c2CCC(C)C)c1CCC(C)C. The predicted molar refractivity (Wildman–Crippen MR) is 114 cm³/mol.